The fraction of sp³-hybridized carbons (Fsp3) is 0.250. The van der Waals surface area contributed by atoms with Gasteiger partial charge < -0.3 is 117 Å². The van der Waals surface area contributed by atoms with Crippen molar-refractivity contribution in [2.24, 2.45) is 0 Å². The second kappa shape index (κ2) is 48.0. The van der Waals surface area contributed by atoms with Crippen molar-refractivity contribution in [3.05, 3.63) is 58.7 Å². The van der Waals surface area contributed by atoms with E-state index < -0.39 is 25.2 Å². The summed E-state index contributed by atoms with van der Waals surface area (Å²) in [5, 5.41) is 88.0. The van der Waals surface area contributed by atoms with E-state index in [9.17, 15) is 0 Å². The van der Waals surface area contributed by atoms with Crippen LogP contribution in [0.5, 0.6) is 11.5 Å². The Morgan fingerprint density at radius 3 is 0.512 bits per heavy atom. The molecule has 34 N–H and O–H groups in total. The van der Waals surface area contributed by atoms with Crippen LogP contribution >= 0.6 is 0 Å². The number of phenolic OH excluding ortho intramolecular Hbond substituents is 2. The van der Waals surface area contributed by atoms with Crippen LogP contribution in [-0.4, -0.2) is 117 Å². The van der Waals surface area contributed by atoms with E-state index >= 15 is 0 Å². The Balaban J connectivity index is -0.0000000186. The average molecular weight is 1080 g/mol. The average Bonchev–Trinajstić information content (AvgIpc) is 2.54. The molecule has 0 atom stereocenters. The maximum absolute atomic E-state index is 9.05. The van der Waals surface area contributed by atoms with Gasteiger partial charge in [0, 0.05) is 137 Å². The van der Waals surface area contributed by atoms with Crippen molar-refractivity contribution in [1.82, 2.24) is 0 Å². The van der Waals surface area contributed by atoms with Crippen LogP contribution in [0.25, 0.3) is 0 Å². The molecule has 0 spiro atoms. The summed E-state index contributed by atoms with van der Waals surface area (Å²) < 4.78 is 0. The molecule has 2 aromatic carbocycles. The van der Waals surface area contributed by atoms with E-state index in [4.69, 9.17) is 51.1 Å². The summed E-state index contributed by atoms with van der Waals surface area (Å²) in [4.78, 5) is 0. The van der Waals surface area contributed by atoms with Gasteiger partial charge in [0.25, 0.3) is 0 Å². The van der Waals surface area contributed by atoms with Gasteiger partial charge in [0.2, 0.25) is 0 Å². The van der Waals surface area contributed by atoms with Gasteiger partial charge >= 0.3 is 0 Å². The number of hydrogen-bond acceptors (Lipinski definition) is 10. The summed E-state index contributed by atoms with van der Waals surface area (Å²) in [6, 6.07) is 6.84. The van der Waals surface area contributed by atoms with Crippen LogP contribution in [0.1, 0.15) is 47.4 Å². The van der Waals surface area contributed by atoms with Gasteiger partial charge in [-0.3, -0.25) is 0 Å². The summed E-state index contributed by atoms with van der Waals surface area (Å²) in [6.45, 7) is 0. The summed E-state index contributed by atoms with van der Waals surface area (Å²) in [5.41, 5.74) is 0.0115. The number of benzene rings is 2. The van der Waals surface area contributed by atoms with Crippen LogP contribution in [0.3, 0.4) is 0 Å². The number of phenols is 2. The van der Waals surface area contributed by atoms with Crippen LogP contribution < -0.4 is 0 Å². The topological polar surface area (TPSA) is 580 Å². The van der Waals surface area contributed by atoms with E-state index in [0.29, 0.717) is 0 Å². The summed E-state index contributed by atoms with van der Waals surface area (Å²) in [6.07, 6.45) is -6.98. The molecular weight excluding hydrogens is 1030 g/mol. The van der Waals surface area contributed by atoms with E-state index in [0.717, 1.165) is 24.3 Å². The SMILES string of the molecule is O.O.O.O.O.O.O.O.O.O.O.O.Oc1cc(C(O)O)cc(C(O)O)c1.Oc1cc(C(O)O)cc(C(O)O)c1.[Dy].[Dy].[Dy]. The Morgan fingerprint density at radius 2 is 0.415 bits per heavy atom. The quantitative estimate of drug-likeness (QED) is 0.129. The minimum absolute atomic E-state index is 0. The maximum atomic E-state index is 9.05. The van der Waals surface area contributed by atoms with Gasteiger partial charge in [-0.2, -0.15) is 0 Å². The van der Waals surface area contributed by atoms with Crippen LogP contribution in [-0.2, 0) is 0 Å². The molecule has 0 aliphatic carbocycles. The summed E-state index contributed by atoms with van der Waals surface area (Å²) >= 11 is 0. The van der Waals surface area contributed by atoms with Crippen LogP contribution in [0.2, 0.25) is 0 Å². The third-order valence-corrected chi connectivity index (χ3v) is 3.12. The first-order valence-corrected chi connectivity index (χ1v) is 7.13. The Kier molecular flexibility index (Phi) is 113. The fourth-order valence-electron chi connectivity index (χ4n) is 1.91. The molecule has 2 aromatic rings. The van der Waals surface area contributed by atoms with Gasteiger partial charge in [-0.05, 0) is 36.4 Å². The number of rotatable bonds is 4. The normalized spacial score (nSPS) is 7.12. The van der Waals surface area contributed by atoms with Crippen LogP contribution in [0.4, 0.5) is 0 Å². The molecule has 2 rings (SSSR count). The molecule has 0 unspecified atom stereocenters. The largest absolute Gasteiger partial charge is 0.508 e. The monoisotopic (exact) mass is 1080 g/mol. The third kappa shape index (κ3) is 37.2. The standard InChI is InChI=1S/2C8H10O5.3Dy.12H2O/c2*9-6-2-4(7(10)11)1-5(3-6)8(12)13;;;;;;;;;;;;;;;/h2*1-3,7-13H;;;;12*1H2. The third-order valence-electron chi connectivity index (χ3n) is 3.12. The van der Waals surface area contributed by atoms with Crippen LogP contribution in [0.15, 0.2) is 36.4 Å². The van der Waals surface area contributed by atoms with Crippen molar-refractivity contribution < 1.29 is 231 Å². The second-order valence-corrected chi connectivity index (χ2v) is 5.21. The van der Waals surface area contributed by atoms with Crippen LogP contribution in [0, 0.1) is 115 Å². The number of aliphatic hydroxyl groups excluding tert-OH is 4. The van der Waals surface area contributed by atoms with Crippen molar-refractivity contribution in [2.45, 2.75) is 25.2 Å². The first kappa shape index (κ1) is 96.8. The van der Waals surface area contributed by atoms with E-state index in [1.807, 2.05) is 0 Å². The first-order chi connectivity index (χ1) is 12.0. The summed E-state index contributed by atoms with van der Waals surface area (Å²) in [5.74, 6) is -0.512. The molecule has 0 saturated carbocycles. The predicted octanol–water partition coefficient (Wildman–Crippen LogP) is -11.2. The molecule has 0 aliphatic rings. The minimum atomic E-state index is -1.75. The molecule has 0 saturated heterocycles. The van der Waals surface area contributed by atoms with E-state index in [1.54, 1.807) is 0 Å². The predicted molar refractivity (Wildman–Crippen MR) is 128 cm³/mol. The van der Waals surface area contributed by atoms with Crippen molar-refractivity contribution in [3.63, 3.8) is 0 Å². The molecule has 0 heterocycles. The molecule has 0 aromatic heterocycles. The number of hydrogen-bond donors (Lipinski definition) is 10. The fourth-order valence-corrected chi connectivity index (χ4v) is 1.91. The molecule has 41 heavy (non-hydrogen) atoms. The molecule has 22 nitrogen and oxygen atoms in total. The van der Waals surface area contributed by atoms with Gasteiger partial charge in [0.05, 0.1) is 0 Å². The van der Waals surface area contributed by atoms with Gasteiger partial charge in [0.1, 0.15) is 11.5 Å². The van der Waals surface area contributed by atoms with Crippen molar-refractivity contribution in [2.75, 3.05) is 0 Å². The molecule has 0 fully saturated rings. The number of aliphatic hydroxyl groups is 8. The second-order valence-electron chi connectivity index (χ2n) is 5.21. The Bertz CT molecular complexity index is 626. The van der Waals surface area contributed by atoms with E-state index in [2.05, 4.69) is 0 Å². The van der Waals surface area contributed by atoms with Gasteiger partial charge in [0.15, 0.2) is 25.2 Å². The molecule has 0 aliphatic heterocycles. The zero-order chi connectivity index (χ0) is 20.0. The molecule has 0 amide bonds. The summed E-state index contributed by atoms with van der Waals surface area (Å²) in [7, 11) is 0. The molecule has 25 heteroatoms. The van der Waals surface area contributed by atoms with E-state index in [1.165, 1.54) is 12.1 Å². The molecular formula is C16H44Dy3O22. The first-order valence-electron chi connectivity index (χ1n) is 7.13. The van der Waals surface area contributed by atoms with Crippen molar-refractivity contribution in [3.8, 4) is 11.5 Å². The zero-order valence-corrected chi connectivity index (χ0v) is 26.3. The minimum Gasteiger partial charge on any atom is -0.508 e. The Morgan fingerprint density at radius 1 is 0.293 bits per heavy atom. The molecule has 0 bridgehead atoms. The van der Waals surface area contributed by atoms with Crippen molar-refractivity contribution in [1.29, 1.82) is 0 Å². The van der Waals surface area contributed by atoms with Gasteiger partial charge in [-0.15, -0.1) is 0 Å². The van der Waals surface area contributed by atoms with Gasteiger partial charge in [-0.1, -0.05) is 0 Å². The molecule has 0 radical (unpaired) electrons. The number of aromatic hydroxyl groups is 2. The van der Waals surface area contributed by atoms with E-state index in [-0.39, 0.29) is 214 Å². The maximum Gasteiger partial charge on any atom is 0.178 e. The van der Waals surface area contributed by atoms with Gasteiger partial charge in [-0.25, -0.2) is 0 Å². The Hall–Kier alpha value is 1.06. The Labute approximate surface area is 322 Å². The van der Waals surface area contributed by atoms with Crippen molar-refractivity contribution >= 4 is 0 Å². The zero-order valence-electron chi connectivity index (χ0n) is 20.2. The smallest absolute Gasteiger partial charge is 0.178 e. The molecule has 270 valence electrons.